The number of nitrogens with zero attached hydrogens (tertiary/aromatic N) is 3. The average molecular weight is 369 g/mol. The summed E-state index contributed by atoms with van der Waals surface area (Å²) in [6.45, 7) is 6.22. The molecule has 0 aromatic carbocycles. The molecule has 25 heavy (non-hydrogen) atoms. The van der Waals surface area contributed by atoms with Gasteiger partial charge in [0.25, 0.3) is 5.91 Å². The van der Waals surface area contributed by atoms with Gasteiger partial charge in [0.15, 0.2) is 5.69 Å². The number of likely N-dealkylation sites (tertiary alicyclic amines) is 1. The highest BCUT2D eigenvalue weighted by atomic mass is 35.5. The molecular weight excluding hydrogens is 344 g/mol. The molecule has 2 fully saturated rings. The van der Waals surface area contributed by atoms with Crippen molar-refractivity contribution in [2.45, 2.75) is 58.0 Å². The van der Waals surface area contributed by atoms with Gasteiger partial charge in [0.05, 0.1) is 5.02 Å². The molecule has 0 aliphatic carbocycles. The smallest absolute Gasteiger partial charge is 0.273 e. The van der Waals surface area contributed by atoms with E-state index in [0.29, 0.717) is 18.0 Å². The minimum absolute atomic E-state index is 0.0767. The van der Waals surface area contributed by atoms with E-state index in [9.17, 15) is 9.59 Å². The van der Waals surface area contributed by atoms with Crippen molar-refractivity contribution in [2.75, 3.05) is 13.1 Å². The van der Waals surface area contributed by atoms with Gasteiger partial charge in [0.1, 0.15) is 6.29 Å². The second kappa shape index (κ2) is 7.72. The Morgan fingerprint density at radius 2 is 2.16 bits per heavy atom. The van der Waals surface area contributed by atoms with Gasteiger partial charge in [0.2, 0.25) is 5.91 Å². The van der Waals surface area contributed by atoms with Crippen LogP contribution in [-0.4, -0.2) is 58.0 Å². The highest BCUT2D eigenvalue weighted by Gasteiger charge is 2.31. The Hall–Kier alpha value is -1.64. The van der Waals surface area contributed by atoms with Crippen LogP contribution in [0.15, 0.2) is 6.20 Å². The van der Waals surface area contributed by atoms with Gasteiger partial charge >= 0.3 is 0 Å². The lowest BCUT2D eigenvalue weighted by atomic mass is 10.0. The molecule has 3 N–H and O–H groups in total. The Bertz CT molecular complexity index is 641. The summed E-state index contributed by atoms with van der Waals surface area (Å²) in [6.07, 6.45) is 3.69. The first-order chi connectivity index (χ1) is 12.0. The summed E-state index contributed by atoms with van der Waals surface area (Å²) in [5.74, 6) is -0.152. The second-order valence-electron chi connectivity index (χ2n) is 6.71. The van der Waals surface area contributed by atoms with Gasteiger partial charge in [-0.2, -0.15) is 5.10 Å². The first kappa shape index (κ1) is 18.2. The van der Waals surface area contributed by atoms with Gasteiger partial charge in [-0.25, -0.2) is 0 Å². The third kappa shape index (κ3) is 4.31. The second-order valence-corrected chi connectivity index (χ2v) is 7.11. The first-order valence-electron chi connectivity index (χ1n) is 8.79. The van der Waals surface area contributed by atoms with E-state index in [0.717, 1.165) is 25.9 Å². The van der Waals surface area contributed by atoms with Crippen molar-refractivity contribution in [1.29, 1.82) is 0 Å². The Morgan fingerprint density at radius 3 is 2.76 bits per heavy atom. The minimum Gasteiger partial charge on any atom is -0.348 e. The minimum atomic E-state index is -0.228. The van der Waals surface area contributed by atoms with Crippen LogP contribution in [0.25, 0.3) is 0 Å². The molecule has 2 aliphatic rings. The van der Waals surface area contributed by atoms with Crippen molar-refractivity contribution in [1.82, 2.24) is 30.6 Å². The predicted octanol–water partition coefficient (Wildman–Crippen LogP) is 0.532. The summed E-state index contributed by atoms with van der Waals surface area (Å²) < 4.78 is 1.65. The van der Waals surface area contributed by atoms with Crippen molar-refractivity contribution in [2.24, 2.45) is 0 Å². The van der Waals surface area contributed by atoms with Crippen LogP contribution in [0.1, 0.15) is 43.6 Å². The summed E-state index contributed by atoms with van der Waals surface area (Å²) in [6, 6.07) is 0.260. The molecule has 0 spiro atoms. The van der Waals surface area contributed by atoms with Gasteiger partial charge in [-0.05, 0) is 26.7 Å². The number of halogens is 1. The molecule has 0 bridgehead atoms. The van der Waals surface area contributed by atoms with Crippen LogP contribution in [0.4, 0.5) is 0 Å². The van der Waals surface area contributed by atoms with Crippen molar-refractivity contribution in [3.63, 3.8) is 0 Å². The number of amides is 2. The summed E-state index contributed by atoms with van der Waals surface area (Å²) in [5.41, 5.74) is 0.279. The lowest BCUT2D eigenvalue weighted by Gasteiger charge is -2.41. The van der Waals surface area contributed by atoms with Gasteiger partial charge in [-0.15, -0.1) is 0 Å². The molecule has 2 amide bonds. The van der Waals surface area contributed by atoms with Gasteiger partial charge in [0, 0.05) is 44.3 Å². The predicted molar refractivity (Wildman–Crippen MR) is 94.1 cm³/mol. The number of nitrogens with one attached hydrogen (secondary N) is 3. The highest BCUT2D eigenvalue weighted by molar-refractivity contribution is 6.33. The van der Waals surface area contributed by atoms with Gasteiger partial charge in [-0.3, -0.25) is 24.5 Å². The van der Waals surface area contributed by atoms with Crippen LogP contribution in [0.3, 0.4) is 0 Å². The van der Waals surface area contributed by atoms with Crippen molar-refractivity contribution in [3.05, 3.63) is 16.9 Å². The normalized spacial score (nSPS) is 25.6. The molecule has 1 aromatic heterocycles. The molecule has 3 rings (SSSR count). The van der Waals surface area contributed by atoms with E-state index in [1.54, 1.807) is 10.9 Å². The van der Waals surface area contributed by atoms with Crippen molar-refractivity contribution in [3.8, 4) is 0 Å². The van der Waals surface area contributed by atoms with Crippen molar-refractivity contribution < 1.29 is 9.59 Å². The molecule has 0 saturated carbocycles. The third-order valence-electron chi connectivity index (χ3n) is 4.72. The third-order valence-corrected chi connectivity index (χ3v) is 4.99. The zero-order valence-corrected chi connectivity index (χ0v) is 15.3. The summed E-state index contributed by atoms with van der Waals surface area (Å²) in [4.78, 5) is 26.3. The summed E-state index contributed by atoms with van der Waals surface area (Å²) in [7, 11) is 0. The molecule has 0 radical (unpaired) electrons. The average Bonchev–Trinajstić information content (AvgIpc) is 2.96. The largest absolute Gasteiger partial charge is 0.348 e. The highest BCUT2D eigenvalue weighted by Crippen LogP contribution is 2.17. The molecule has 2 atom stereocenters. The van der Waals surface area contributed by atoms with E-state index in [-0.39, 0.29) is 35.9 Å². The van der Waals surface area contributed by atoms with E-state index in [4.69, 9.17) is 11.6 Å². The molecule has 2 unspecified atom stereocenters. The summed E-state index contributed by atoms with van der Waals surface area (Å²) in [5, 5.41) is 14.0. The fraction of sp³-hybridized carbons (Fsp3) is 0.688. The van der Waals surface area contributed by atoms with Crippen molar-refractivity contribution >= 4 is 23.4 Å². The molecular formula is C16H25ClN6O2. The number of aryl methyl sites for hydroxylation is 1. The molecule has 2 aliphatic heterocycles. The molecule has 3 heterocycles. The zero-order valence-electron chi connectivity index (χ0n) is 14.6. The van der Waals surface area contributed by atoms with E-state index < -0.39 is 0 Å². The number of hydrogen-bond donors (Lipinski definition) is 3. The Morgan fingerprint density at radius 1 is 1.44 bits per heavy atom. The molecule has 9 heteroatoms. The number of carbonyl (C=O) groups is 2. The van der Waals surface area contributed by atoms with E-state index in [1.165, 1.54) is 0 Å². The maximum Gasteiger partial charge on any atom is 0.273 e. The number of carbonyl (C=O) groups excluding carboxylic acids is 2. The Balaban J connectivity index is 1.51. The van der Waals surface area contributed by atoms with E-state index in [2.05, 4.69) is 25.9 Å². The van der Waals surface area contributed by atoms with Crippen LogP contribution in [0, 0.1) is 0 Å². The number of hydrogen-bond acceptors (Lipinski definition) is 5. The topological polar surface area (TPSA) is 91.3 Å². The van der Waals surface area contributed by atoms with E-state index in [1.807, 2.05) is 13.8 Å². The zero-order chi connectivity index (χ0) is 18.0. The first-order valence-corrected chi connectivity index (χ1v) is 9.17. The van der Waals surface area contributed by atoms with Crippen LogP contribution in [0.5, 0.6) is 0 Å². The fourth-order valence-corrected chi connectivity index (χ4v) is 3.56. The summed E-state index contributed by atoms with van der Waals surface area (Å²) >= 11 is 6.09. The Labute approximate surface area is 152 Å². The molecule has 1 aromatic rings. The van der Waals surface area contributed by atoms with Crippen LogP contribution >= 0.6 is 11.6 Å². The lowest BCUT2D eigenvalue weighted by Crippen LogP contribution is -2.65. The SMILES string of the molecule is CCn1cc(Cl)c(C(=O)NC2CCN(C3NC(=O)CC(C)N3)CC2)n1. The number of rotatable bonds is 4. The number of aromatic nitrogens is 2. The lowest BCUT2D eigenvalue weighted by molar-refractivity contribution is -0.127. The molecule has 138 valence electrons. The fourth-order valence-electron chi connectivity index (χ4n) is 3.32. The quantitative estimate of drug-likeness (QED) is 0.721. The van der Waals surface area contributed by atoms with Gasteiger partial charge < -0.3 is 10.6 Å². The molecule has 2 saturated heterocycles. The van der Waals surface area contributed by atoms with Crippen LogP contribution in [0.2, 0.25) is 5.02 Å². The maximum absolute atomic E-state index is 12.4. The van der Waals surface area contributed by atoms with Gasteiger partial charge in [-0.1, -0.05) is 11.6 Å². The Kier molecular flexibility index (Phi) is 5.61. The molecule has 8 nitrogen and oxygen atoms in total. The monoisotopic (exact) mass is 368 g/mol. The van der Waals surface area contributed by atoms with Crippen LogP contribution in [-0.2, 0) is 11.3 Å². The maximum atomic E-state index is 12.4. The van der Waals surface area contributed by atoms with E-state index >= 15 is 0 Å². The number of piperidine rings is 1. The van der Waals surface area contributed by atoms with Crippen LogP contribution < -0.4 is 16.0 Å². The standard InChI is InChI=1S/C16H25ClN6O2/c1-3-23-9-12(17)14(21-23)15(25)19-11-4-6-22(7-5-11)16-18-10(2)8-13(24)20-16/h9-11,16,18H,3-8H2,1-2H3,(H,19,25)(H,20,24).